The molecule has 0 aromatic heterocycles. The topological polar surface area (TPSA) is 75.6 Å². The summed E-state index contributed by atoms with van der Waals surface area (Å²) in [6.45, 7) is 3.44. The highest BCUT2D eigenvalue weighted by Gasteiger charge is 2.43. The summed E-state index contributed by atoms with van der Waals surface area (Å²) in [5.74, 6) is -0.475. The van der Waals surface area contributed by atoms with E-state index in [0.29, 0.717) is 0 Å². The van der Waals surface area contributed by atoms with E-state index in [-0.39, 0.29) is 5.91 Å². The lowest BCUT2D eigenvalue weighted by Crippen LogP contribution is -2.48. The number of rotatable bonds is 5. The van der Waals surface area contributed by atoms with Crippen molar-refractivity contribution in [2.45, 2.75) is 51.0 Å². The number of carboxylic acid groups (broad SMARTS) is 1. The van der Waals surface area contributed by atoms with Crippen molar-refractivity contribution >= 4 is 11.9 Å². The van der Waals surface area contributed by atoms with Gasteiger partial charge in [-0.15, -0.1) is 0 Å². The van der Waals surface area contributed by atoms with Gasteiger partial charge in [0, 0.05) is 0 Å². The number of amides is 1. The summed E-state index contributed by atoms with van der Waals surface area (Å²) in [7, 11) is 1.61. The summed E-state index contributed by atoms with van der Waals surface area (Å²) >= 11 is 0. The molecule has 1 aliphatic rings. The number of carboxylic acids is 1. The van der Waals surface area contributed by atoms with Gasteiger partial charge in [-0.1, -0.05) is 25.0 Å². The quantitative estimate of drug-likeness (QED) is 0.876. The number of methoxy groups -OCH3 is 1. The normalized spacial score (nSPS) is 17.8. The average molecular weight is 305 g/mol. The van der Waals surface area contributed by atoms with Crippen LogP contribution in [0.3, 0.4) is 0 Å². The fourth-order valence-corrected chi connectivity index (χ4v) is 3.14. The van der Waals surface area contributed by atoms with Crippen LogP contribution in [-0.2, 0) is 15.0 Å². The van der Waals surface area contributed by atoms with Crippen molar-refractivity contribution in [2.75, 3.05) is 7.11 Å². The summed E-state index contributed by atoms with van der Waals surface area (Å²) < 4.78 is 5.36. The van der Waals surface area contributed by atoms with E-state index in [2.05, 4.69) is 5.32 Å². The van der Waals surface area contributed by atoms with Gasteiger partial charge in [0.25, 0.3) is 0 Å². The number of ether oxygens (including phenoxy) is 1. The van der Waals surface area contributed by atoms with Gasteiger partial charge in [0.05, 0.1) is 12.5 Å². The smallest absolute Gasteiger partial charge is 0.325 e. The molecule has 1 atom stereocenters. The highest BCUT2D eigenvalue weighted by Crippen LogP contribution is 2.42. The molecule has 0 heterocycles. The zero-order chi connectivity index (χ0) is 16.3. The van der Waals surface area contributed by atoms with Crippen molar-refractivity contribution in [2.24, 2.45) is 0 Å². The van der Waals surface area contributed by atoms with Crippen molar-refractivity contribution in [1.29, 1.82) is 0 Å². The number of nitrogens with one attached hydrogen (secondary N) is 1. The SMILES string of the molecule is COc1cc(C2(C(=O)N[C@H](C)C(=O)O)CCCC2)ccc1C. The molecule has 0 spiro atoms. The Morgan fingerprint density at radius 2 is 1.95 bits per heavy atom. The summed E-state index contributed by atoms with van der Waals surface area (Å²) in [6.07, 6.45) is 3.39. The van der Waals surface area contributed by atoms with Crippen LogP contribution in [-0.4, -0.2) is 30.1 Å². The third-order valence-corrected chi connectivity index (χ3v) is 4.57. The van der Waals surface area contributed by atoms with E-state index in [9.17, 15) is 9.59 Å². The maximum absolute atomic E-state index is 12.8. The Morgan fingerprint density at radius 1 is 1.32 bits per heavy atom. The van der Waals surface area contributed by atoms with Gasteiger partial charge >= 0.3 is 5.97 Å². The van der Waals surface area contributed by atoms with E-state index in [0.717, 1.165) is 42.6 Å². The minimum absolute atomic E-state index is 0.203. The fraction of sp³-hybridized carbons (Fsp3) is 0.529. The van der Waals surface area contributed by atoms with Crippen LogP contribution in [0, 0.1) is 6.92 Å². The van der Waals surface area contributed by atoms with Crippen LogP contribution in [0.15, 0.2) is 18.2 Å². The molecule has 0 unspecified atom stereocenters. The first-order valence-electron chi connectivity index (χ1n) is 7.59. The Kier molecular flexibility index (Phi) is 4.74. The van der Waals surface area contributed by atoms with Gasteiger partial charge in [-0.25, -0.2) is 0 Å². The second-order valence-corrected chi connectivity index (χ2v) is 6.01. The van der Waals surface area contributed by atoms with Gasteiger partial charge < -0.3 is 15.2 Å². The molecule has 1 aromatic carbocycles. The first-order chi connectivity index (χ1) is 10.4. The van der Waals surface area contributed by atoms with Crippen LogP contribution in [0.1, 0.15) is 43.7 Å². The molecule has 120 valence electrons. The van der Waals surface area contributed by atoms with Crippen molar-refractivity contribution < 1.29 is 19.4 Å². The van der Waals surface area contributed by atoms with Crippen molar-refractivity contribution in [3.05, 3.63) is 29.3 Å². The zero-order valence-electron chi connectivity index (χ0n) is 13.3. The molecule has 1 aromatic rings. The third-order valence-electron chi connectivity index (χ3n) is 4.57. The summed E-state index contributed by atoms with van der Waals surface area (Å²) in [5, 5.41) is 11.6. The number of hydrogen-bond acceptors (Lipinski definition) is 3. The molecule has 5 heteroatoms. The molecule has 1 aliphatic carbocycles. The Hall–Kier alpha value is -2.04. The lowest BCUT2D eigenvalue weighted by molar-refractivity contribution is -0.142. The predicted octanol–water partition coefficient (Wildman–Crippen LogP) is 2.40. The Labute approximate surface area is 130 Å². The molecule has 2 rings (SSSR count). The van der Waals surface area contributed by atoms with Crippen LogP contribution in [0.25, 0.3) is 0 Å². The molecule has 0 saturated heterocycles. The molecular weight excluding hydrogens is 282 g/mol. The summed E-state index contributed by atoms with van der Waals surface area (Å²) in [5.41, 5.74) is 1.27. The number of aliphatic carboxylic acids is 1. The number of benzene rings is 1. The van der Waals surface area contributed by atoms with Crippen LogP contribution < -0.4 is 10.1 Å². The molecule has 0 bridgehead atoms. The molecule has 0 radical (unpaired) electrons. The van der Waals surface area contributed by atoms with Crippen molar-refractivity contribution in [3.8, 4) is 5.75 Å². The van der Waals surface area contributed by atoms with E-state index in [4.69, 9.17) is 9.84 Å². The summed E-state index contributed by atoms with van der Waals surface area (Å²) in [6, 6.07) is 4.92. The maximum Gasteiger partial charge on any atom is 0.325 e. The highest BCUT2D eigenvalue weighted by atomic mass is 16.5. The van der Waals surface area contributed by atoms with Gasteiger partial charge in [-0.2, -0.15) is 0 Å². The second-order valence-electron chi connectivity index (χ2n) is 6.01. The Bertz CT molecular complexity index is 576. The molecule has 0 aliphatic heterocycles. The molecule has 5 nitrogen and oxygen atoms in total. The first kappa shape index (κ1) is 16.3. The monoisotopic (exact) mass is 305 g/mol. The van der Waals surface area contributed by atoms with E-state index in [1.165, 1.54) is 6.92 Å². The van der Waals surface area contributed by atoms with Crippen LogP contribution in [0.2, 0.25) is 0 Å². The largest absolute Gasteiger partial charge is 0.496 e. The Balaban J connectivity index is 2.36. The van der Waals surface area contributed by atoms with Gasteiger partial charge in [-0.3, -0.25) is 9.59 Å². The van der Waals surface area contributed by atoms with E-state index in [1.54, 1.807) is 7.11 Å². The van der Waals surface area contributed by atoms with Gasteiger partial charge in [-0.05, 0) is 43.9 Å². The number of carbonyl (C=O) groups excluding carboxylic acids is 1. The average Bonchev–Trinajstić information content (AvgIpc) is 2.98. The van der Waals surface area contributed by atoms with Gasteiger partial charge in [0.15, 0.2) is 0 Å². The Morgan fingerprint density at radius 3 is 2.50 bits per heavy atom. The van der Waals surface area contributed by atoms with Crippen LogP contribution in [0.4, 0.5) is 0 Å². The standard InChI is InChI=1S/C17H23NO4/c1-11-6-7-13(10-14(11)22-3)17(8-4-5-9-17)16(21)18-12(2)15(19)20/h6-7,10,12H,4-5,8-9H2,1-3H3,(H,18,21)(H,19,20)/t12-/m1/s1. The minimum atomic E-state index is -1.03. The number of hydrogen-bond donors (Lipinski definition) is 2. The second kappa shape index (κ2) is 6.38. The maximum atomic E-state index is 12.8. The molecule has 1 fully saturated rings. The molecule has 22 heavy (non-hydrogen) atoms. The van der Waals surface area contributed by atoms with E-state index < -0.39 is 17.4 Å². The molecular formula is C17H23NO4. The number of aryl methyl sites for hydroxylation is 1. The lowest BCUT2D eigenvalue weighted by Gasteiger charge is -2.30. The highest BCUT2D eigenvalue weighted by molar-refractivity contribution is 5.91. The van der Waals surface area contributed by atoms with Crippen molar-refractivity contribution in [3.63, 3.8) is 0 Å². The van der Waals surface area contributed by atoms with Gasteiger partial charge in [0.1, 0.15) is 11.8 Å². The minimum Gasteiger partial charge on any atom is -0.496 e. The number of carbonyl (C=O) groups is 2. The van der Waals surface area contributed by atoms with Crippen molar-refractivity contribution in [1.82, 2.24) is 5.32 Å². The van der Waals surface area contributed by atoms with E-state index >= 15 is 0 Å². The zero-order valence-corrected chi connectivity index (χ0v) is 13.3. The third kappa shape index (κ3) is 2.93. The molecule has 2 N–H and O–H groups in total. The van der Waals surface area contributed by atoms with Crippen LogP contribution >= 0.6 is 0 Å². The van der Waals surface area contributed by atoms with Gasteiger partial charge in [0.2, 0.25) is 5.91 Å². The molecule has 1 saturated carbocycles. The predicted molar refractivity (Wildman–Crippen MR) is 83.1 cm³/mol. The lowest BCUT2D eigenvalue weighted by atomic mass is 9.77. The van der Waals surface area contributed by atoms with Crippen LogP contribution in [0.5, 0.6) is 5.75 Å². The summed E-state index contributed by atoms with van der Waals surface area (Å²) in [4.78, 5) is 23.8. The fourth-order valence-electron chi connectivity index (χ4n) is 3.14. The first-order valence-corrected chi connectivity index (χ1v) is 7.59. The molecule has 1 amide bonds. The van der Waals surface area contributed by atoms with E-state index in [1.807, 2.05) is 25.1 Å².